The fraction of sp³-hybridized carbons (Fsp3) is 0.375. The van der Waals surface area contributed by atoms with Crippen molar-refractivity contribution in [3.05, 3.63) is 53.5 Å². The molecule has 0 radical (unpaired) electrons. The number of rotatable bonds is 4. The van der Waals surface area contributed by atoms with Gasteiger partial charge in [-0.15, -0.1) is 0 Å². The Labute approximate surface area is 121 Å². The van der Waals surface area contributed by atoms with Crippen molar-refractivity contribution in [2.75, 3.05) is 33.2 Å². The Balaban J connectivity index is 2.27. The number of piperazine rings is 1. The summed E-state index contributed by atoms with van der Waals surface area (Å²) in [5, 5.41) is 6.65. The van der Waals surface area contributed by atoms with Crippen LogP contribution in [0.3, 0.4) is 0 Å². The highest BCUT2D eigenvalue weighted by molar-refractivity contribution is 5.76. The maximum absolute atomic E-state index is 5.84. The summed E-state index contributed by atoms with van der Waals surface area (Å²) in [7, 11) is 1.96. The molecule has 0 spiro atoms. The van der Waals surface area contributed by atoms with Gasteiger partial charge in [-0.3, -0.25) is 0 Å². The first-order chi connectivity index (χ1) is 9.76. The van der Waals surface area contributed by atoms with Crippen LogP contribution in [0.4, 0.5) is 0 Å². The van der Waals surface area contributed by atoms with Crippen molar-refractivity contribution in [2.24, 2.45) is 5.73 Å². The van der Waals surface area contributed by atoms with Crippen LogP contribution in [0.25, 0.3) is 5.57 Å². The molecule has 1 fully saturated rings. The number of hydrogen-bond donors (Lipinski definition) is 3. The standard InChI is InChI=1S/C16H24N4/c1-13-5-3-4-6-15(13)14(12-17)11-16(18-2)20-9-7-19-8-10-20/h3-6,11-12,18-19H,7-10,17H2,1-2H3/b14-12+,16-11+. The van der Waals surface area contributed by atoms with Gasteiger partial charge in [-0.25, -0.2) is 0 Å². The Morgan fingerprint density at radius 2 is 2.00 bits per heavy atom. The van der Waals surface area contributed by atoms with E-state index in [4.69, 9.17) is 5.73 Å². The van der Waals surface area contributed by atoms with Crippen LogP contribution in [0.1, 0.15) is 11.1 Å². The van der Waals surface area contributed by atoms with Gasteiger partial charge >= 0.3 is 0 Å². The van der Waals surface area contributed by atoms with E-state index in [0.29, 0.717) is 0 Å². The van der Waals surface area contributed by atoms with Crippen LogP contribution in [0.2, 0.25) is 0 Å². The van der Waals surface area contributed by atoms with E-state index in [0.717, 1.165) is 37.6 Å². The number of benzene rings is 1. The molecule has 0 aliphatic carbocycles. The number of hydrogen-bond acceptors (Lipinski definition) is 4. The third-order valence-electron chi connectivity index (χ3n) is 3.64. The van der Waals surface area contributed by atoms with E-state index in [1.807, 2.05) is 19.2 Å². The summed E-state index contributed by atoms with van der Waals surface area (Å²) in [5.41, 5.74) is 9.30. The van der Waals surface area contributed by atoms with E-state index >= 15 is 0 Å². The second-order valence-corrected chi connectivity index (χ2v) is 4.95. The highest BCUT2D eigenvalue weighted by atomic mass is 15.3. The lowest BCUT2D eigenvalue weighted by molar-refractivity contribution is 0.285. The van der Waals surface area contributed by atoms with Gasteiger partial charge in [0.15, 0.2) is 0 Å². The molecule has 4 nitrogen and oxygen atoms in total. The molecule has 1 saturated heterocycles. The molecule has 2 rings (SSSR count). The van der Waals surface area contributed by atoms with Crippen molar-refractivity contribution in [2.45, 2.75) is 6.92 Å². The summed E-state index contributed by atoms with van der Waals surface area (Å²) in [6.45, 7) is 6.17. The molecule has 108 valence electrons. The molecule has 1 aromatic carbocycles. The van der Waals surface area contributed by atoms with Crippen molar-refractivity contribution >= 4 is 5.57 Å². The SMILES string of the molecule is CN/C(=C\C(=C/N)c1ccccc1C)N1CCNCC1. The van der Waals surface area contributed by atoms with Gasteiger partial charge in [0.2, 0.25) is 0 Å². The second kappa shape index (κ2) is 7.01. The van der Waals surface area contributed by atoms with Gasteiger partial charge in [-0.05, 0) is 24.1 Å². The molecule has 0 aromatic heterocycles. The first-order valence-electron chi connectivity index (χ1n) is 7.09. The Bertz CT molecular complexity index is 499. The highest BCUT2D eigenvalue weighted by Gasteiger charge is 2.13. The van der Waals surface area contributed by atoms with E-state index in [1.54, 1.807) is 6.20 Å². The number of aryl methyl sites for hydroxylation is 1. The zero-order chi connectivity index (χ0) is 14.4. The predicted octanol–water partition coefficient (Wildman–Crippen LogP) is 1.26. The third kappa shape index (κ3) is 3.33. The predicted molar refractivity (Wildman–Crippen MR) is 84.9 cm³/mol. The molecule has 0 atom stereocenters. The van der Waals surface area contributed by atoms with Crippen LogP contribution in [-0.4, -0.2) is 38.1 Å². The van der Waals surface area contributed by atoms with Gasteiger partial charge < -0.3 is 21.3 Å². The average Bonchev–Trinajstić information content (AvgIpc) is 2.50. The largest absolute Gasteiger partial charge is 0.404 e. The van der Waals surface area contributed by atoms with Crippen LogP contribution >= 0.6 is 0 Å². The minimum atomic E-state index is 1.01. The molecule has 1 aliphatic heterocycles. The number of allylic oxidation sites excluding steroid dienone is 2. The summed E-state index contributed by atoms with van der Waals surface area (Å²) in [5.74, 6) is 1.12. The zero-order valence-corrected chi connectivity index (χ0v) is 12.3. The topological polar surface area (TPSA) is 53.3 Å². The molecule has 1 aromatic rings. The summed E-state index contributed by atoms with van der Waals surface area (Å²) in [6, 6.07) is 8.31. The monoisotopic (exact) mass is 272 g/mol. The van der Waals surface area contributed by atoms with Crippen molar-refractivity contribution in [1.82, 2.24) is 15.5 Å². The third-order valence-corrected chi connectivity index (χ3v) is 3.64. The smallest absolute Gasteiger partial charge is 0.102 e. The number of nitrogens with zero attached hydrogens (tertiary/aromatic N) is 1. The molecule has 0 amide bonds. The van der Waals surface area contributed by atoms with E-state index in [1.165, 1.54) is 11.1 Å². The summed E-state index contributed by atoms with van der Waals surface area (Å²) < 4.78 is 0. The van der Waals surface area contributed by atoms with Crippen molar-refractivity contribution in [1.29, 1.82) is 0 Å². The molecule has 1 aliphatic rings. The summed E-state index contributed by atoms with van der Waals surface area (Å²) in [6.07, 6.45) is 3.82. The molecular formula is C16H24N4. The Kier molecular flexibility index (Phi) is 5.07. The molecule has 0 unspecified atom stereocenters. The van der Waals surface area contributed by atoms with E-state index in [-0.39, 0.29) is 0 Å². The van der Waals surface area contributed by atoms with Crippen LogP contribution < -0.4 is 16.4 Å². The normalized spacial score (nSPS) is 17.2. The fourth-order valence-electron chi connectivity index (χ4n) is 2.49. The van der Waals surface area contributed by atoms with Crippen LogP contribution in [0.5, 0.6) is 0 Å². The number of nitrogens with two attached hydrogens (primary N) is 1. The lowest BCUT2D eigenvalue weighted by atomic mass is 10.0. The minimum absolute atomic E-state index is 1.01. The molecule has 4 N–H and O–H groups in total. The van der Waals surface area contributed by atoms with Crippen molar-refractivity contribution in [3.63, 3.8) is 0 Å². The number of nitrogens with one attached hydrogen (secondary N) is 2. The van der Waals surface area contributed by atoms with Crippen LogP contribution in [-0.2, 0) is 0 Å². The van der Waals surface area contributed by atoms with E-state index in [9.17, 15) is 0 Å². The maximum atomic E-state index is 5.84. The van der Waals surface area contributed by atoms with Crippen molar-refractivity contribution in [3.8, 4) is 0 Å². The van der Waals surface area contributed by atoms with Crippen LogP contribution in [0.15, 0.2) is 42.4 Å². The Morgan fingerprint density at radius 3 is 2.60 bits per heavy atom. The first-order valence-corrected chi connectivity index (χ1v) is 7.09. The maximum Gasteiger partial charge on any atom is 0.102 e. The average molecular weight is 272 g/mol. The van der Waals surface area contributed by atoms with Gasteiger partial charge in [0.1, 0.15) is 5.82 Å². The van der Waals surface area contributed by atoms with Gasteiger partial charge in [0.05, 0.1) is 0 Å². The van der Waals surface area contributed by atoms with E-state index < -0.39 is 0 Å². The molecule has 20 heavy (non-hydrogen) atoms. The molecular weight excluding hydrogens is 248 g/mol. The van der Waals surface area contributed by atoms with Gasteiger partial charge in [-0.2, -0.15) is 0 Å². The molecule has 4 heteroatoms. The Morgan fingerprint density at radius 1 is 1.30 bits per heavy atom. The van der Waals surface area contributed by atoms with Gasteiger partial charge in [0, 0.05) is 45.0 Å². The minimum Gasteiger partial charge on any atom is -0.404 e. The molecule has 0 saturated carbocycles. The zero-order valence-electron chi connectivity index (χ0n) is 12.3. The lowest BCUT2D eigenvalue weighted by Crippen LogP contribution is -2.45. The summed E-state index contributed by atoms with van der Waals surface area (Å²) in [4.78, 5) is 2.35. The Hall–Kier alpha value is -1.94. The first kappa shape index (κ1) is 14.5. The second-order valence-electron chi connectivity index (χ2n) is 4.95. The van der Waals surface area contributed by atoms with Gasteiger partial charge in [-0.1, -0.05) is 24.3 Å². The van der Waals surface area contributed by atoms with Gasteiger partial charge in [0.25, 0.3) is 0 Å². The van der Waals surface area contributed by atoms with E-state index in [2.05, 4.69) is 40.7 Å². The van der Waals surface area contributed by atoms with Crippen molar-refractivity contribution < 1.29 is 0 Å². The lowest BCUT2D eigenvalue weighted by Gasteiger charge is -2.31. The molecule has 1 heterocycles. The van der Waals surface area contributed by atoms with Crippen LogP contribution in [0, 0.1) is 6.92 Å². The quantitative estimate of drug-likeness (QED) is 0.722. The highest BCUT2D eigenvalue weighted by Crippen LogP contribution is 2.20. The fourth-order valence-corrected chi connectivity index (χ4v) is 2.49. The summed E-state index contributed by atoms with van der Waals surface area (Å²) >= 11 is 0. The molecule has 0 bridgehead atoms.